The molecule has 1 aromatic heterocycles. The summed E-state index contributed by atoms with van der Waals surface area (Å²) in [5.74, 6) is -0.374. The van der Waals surface area contributed by atoms with E-state index in [1.807, 2.05) is 39.0 Å². The van der Waals surface area contributed by atoms with E-state index in [-0.39, 0.29) is 15.4 Å². The second-order valence-corrected chi connectivity index (χ2v) is 8.95. The number of hydrogen-bond donors (Lipinski definition) is 2. The van der Waals surface area contributed by atoms with Crippen molar-refractivity contribution in [2.24, 2.45) is 0 Å². The molecule has 0 spiro atoms. The van der Waals surface area contributed by atoms with E-state index in [0.29, 0.717) is 11.3 Å². The van der Waals surface area contributed by atoms with Gasteiger partial charge in [0.05, 0.1) is 5.69 Å². The van der Waals surface area contributed by atoms with Crippen molar-refractivity contribution < 1.29 is 13.2 Å². The number of hydrogen-bond acceptors (Lipinski definition) is 6. The monoisotopic (exact) mass is 402 g/mol. The molecule has 0 aliphatic rings. The second-order valence-electron chi connectivity index (χ2n) is 6.12. The van der Waals surface area contributed by atoms with Gasteiger partial charge in [-0.2, -0.15) is 8.42 Å². The summed E-state index contributed by atoms with van der Waals surface area (Å²) in [6, 6.07) is 12.4. The van der Waals surface area contributed by atoms with Crippen molar-refractivity contribution in [3.63, 3.8) is 0 Å². The average molecular weight is 403 g/mol. The standard InChI is InChI=1S/C18H18N4O3S2/c1-11-5-4-6-14(10-11)16(23)19-17-20-21-18(26-17)27(24,25)22-15-8-7-12(2)9-13(15)3/h4-10,22H,1-3H3,(H,19,20,23). The van der Waals surface area contributed by atoms with E-state index in [9.17, 15) is 13.2 Å². The second kappa shape index (κ2) is 7.45. The molecule has 0 radical (unpaired) electrons. The molecule has 9 heteroatoms. The summed E-state index contributed by atoms with van der Waals surface area (Å²) in [6.07, 6.45) is 0. The number of carbonyl (C=O) groups excluding carboxylic acids is 1. The van der Waals surface area contributed by atoms with Crippen LogP contribution in [0.15, 0.2) is 46.8 Å². The first kappa shape index (κ1) is 19.0. The lowest BCUT2D eigenvalue weighted by Gasteiger charge is -2.08. The minimum atomic E-state index is -3.89. The van der Waals surface area contributed by atoms with Crippen LogP contribution < -0.4 is 10.0 Å². The molecule has 0 atom stereocenters. The molecule has 0 aliphatic carbocycles. The quantitative estimate of drug-likeness (QED) is 0.636. The van der Waals surface area contributed by atoms with Crippen molar-refractivity contribution in [2.75, 3.05) is 10.0 Å². The van der Waals surface area contributed by atoms with E-state index >= 15 is 0 Å². The fourth-order valence-electron chi connectivity index (χ4n) is 2.44. The first-order valence-electron chi connectivity index (χ1n) is 8.06. The molecule has 2 N–H and O–H groups in total. The van der Waals surface area contributed by atoms with Crippen molar-refractivity contribution in [3.8, 4) is 0 Å². The summed E-state index contributed by atoms with van der Waals surface area (Å²) in [6.45, 7) is 5.63. The van der Waals surface area contributed by atoms with E-state index in [1.165, 1.54) is 0 Å². The molecule has 0 unspecified atom stereocenters. The van der Waals surface area contributed by atoms with Crippen molar-refractivity contribution >= 4 is 38.1 Å². The summed E-state index contributed by atoms with van der Waals surface area (Å²) in [5, 5.41) is 10.2. The molecule has 3 aromatic rings. The molecule has 0 saturated carbocycles. The Morgan fingerprint density at radius 2 is 1.74 bits per heavy atom. The van der Waals surface area contributed by atoms with Crippen LogP contribution in [0.5, 0.6) is 0 Å². The molecule has 27 heavy (non-hydrogen) atoms. The Morgan fingerprint density at radius 1 is 1.00 bits per heavy atom. The maximum atomic E-state index is 12.5. The highest BCUT2D eigenvalue weighted by Crippen LogP contribution is 2.25. The maximum Gasteiger partial charge on any atom is 0.291 e. The van der Waals surface area contributed by atoms with Gasteiger partial charge in [-0.1, -0.05) is 46.7 Å². The first-order valence-corrected chi connectivity index (χ1v) is 10.4. The Hall–Kier alpha value is -2.78. The summed E-state index contributed by atoms with van der Waals surface area (Å²) in [4.78, 5) is 12.3. The maximum absolute atomic E-state index is 12.5. The first-order chi connectivity index (χ1) is 12.7. The number of nitrogens with zero attached hydrogens (tertiary/aromatic N) is 2. The fraction of sp³-hybridized carbons (Fsp3) is 0.167. The average Bonchev–Trinajstić information content (AvgIpc) is 3.07. The Bertz CT molecular complexity index is 1110. The molecule has 1 heterocycles. The fourth-order valence-corrected chi connectivity index (χ4v) is 4.47. The lowest BCUT2D eigenvalue weighted by molar-refractivity contribution is 0.102. The van der Waals surface area contributed by atoms with Crippen molar-refractivity contribution in [2.45, 2.75) is 25.1 Å². The van der Waals surface area contributed by atoms with Crippen molar-refractivity contribution in [1.29, 1.82) is 0 Å². The van der Waals surface area contributed by atoms with Gasteiger partial charge in [-0.15, -0.1) is 10.2 Å². The summed E-state index contributed by atoms with van der Waals surface area (Å²) >= 11 is 0.791. The van der Waals surface area contributed by atoms with E-state index < -0.39 is 10.0 Å². The minimum Gasteiger partial charge on any atom is -0.296 e. The van der Waals surface area contributed by atoms with E-state index in [1.54, 1.807) is 24.3 Å². The molecule has 0 fully saturated rings. The number of sulfonamides is 1. The van der Waals surface area contributed by atoms with Crippen LogP contribution in [0.4, 0.5) is 10.8 Å². The molecule has 140 valence electrons. The predicted octanol–water partition coefficient (Wildman–Crippen LogP) is 3.52. The third-order valence-electron chi connectivity index (χ3n) is 3.76. The van der Waals surface area contributed by atoms with Crippen LogP contribution >= 0.6 is 11.3 Å². The van der Waals surface area contributed by atoms with Crippen LogP contribution in [0.25, 0.3) is 0 Å². The van der Waals surface area contributed by atoms with Gasteiger partial charge in [0.15, 0.2) is 0 Å². The van der Waals surface area contributed by atoms with Crippen LogP contribution in [0, 0.1) is 20.8 Å². The van der Waals surface area contributed by atoms with Gasteiger partial charge in [-0.25, -0.2) is 0 Å². The zero-order valence-electron chi connectivity index (χ0n) is 15.0. The van der Waals surface area contributed by atoms with E-state index in [4.69, 9.17) is 0 Å². The molecule has 0 saturated heterocycles. The Kier molecular flexibility index (Phi) is 5.24. The van der Waals surface area contributed by atoms with Gasteiger partial charge in [-0.3, -0.25) is 14.8 Å². The number of amides is 1. The smallest absolute Gasteiger partial charge is 0.291 e. The Balaban J connectivity index is 1.77. The Labute approximate surface area is 161 Å². The molecular formula is C18H18N4O3S2. The van der Waals surface area contributed by atoms with Crippen LogP contribution in [0.3, 0.4) is 0 Å². The van der Waals surface area contributed by atoms with Gasteiger partial charge < -0.3 is 0 Å². The molecule has 0 bridgehead atoms. The van der Waals surface area contributed by atoms with Crippen molar-refractivity contribution in [3.05, 3.63) is 64.7 Å². The number of aryl methyl sites for hydroxylation is 3. The zero-order valence-corrected chi connectivity index (χ0v) is 16.6. The highest BCUT2D eigenvalue weighted by molar-refractivity contribution is 7.94. The number of nitrogens with one attached hydrogen (secondary N) is 2. The van der Waals surface area contributed by atoms with Crippen LogP contribution in [-0.4, -0.2) is 24.5 Å². The van der Waals surface area contributed by atoms with Crippen LogP contribution in [0.1, 0.15) is 27.0 Å². The lowest BCUT2D eigenvalue weighted by Crippen LogP contribution is -2.13. The number of carbonyl (C=O) groups is 1. The zero-order chi connectivity index (χ0) is 19.6. The van der Waals surface area contributed by atoms with Gasteiger partial charge >= 0.3 is 0 Å². The molecule has 2 aromatic carbocycles. The number of rotatable bonds is 5. The normalized spacial score (nSPS) is 11.2. The number of benzene rings is 2. The molecule has 1 amide bonds. The molecule has 7 nitrogen and oxygen atoms in total. The van der Waals surface area contributed by atoms with Crippen LogP contribution in [0.2, 0.25) is 0 Å². The summed E-state index contributed by atoms with van der Waals surface area (Å²) in [5.41, 5.74) is 3.72. The largest absolute Gasteiger partial charge is 0.296 e. The van der Waals surface area contributed by atoms with Gasteiger partial charge in [0, 0.05) is 5.56 Å². The topological polar surface area (TPSA) is 101 Å². The van der Waals surface area contributed by atoms with Gasteiger partial charge in [0.1, 0.15) is 0 Å². The minimum absolute atomic E-state index is 0.113. The lowest BCUT2D eigenvalue weighted by atomic mass is 10.1. The van der Waals surface area contributed by atoms with E-state index in [0.717, 1.165) is 28.0 Å². The van der Waals surface area contributed by atoms with Crippen LogP contribution in [-0.2, 0) is 10.0 Å². The van der Waals surface area contributed by atoms with E-state index in [2.05, 4.69) is 20.2 Å². The molecular weight excluding hydrogens is 384 g/mol. The van der Waals surface area contributed by atoms with Gasteiger partial charge in [0.2, 0.25) is 5.13 Å². The van der Waals surface area contributed by atoms with Gasteiger partial charge in [0.25, 0.3) is 20.3 Å². The summed E-state index contributed by atoms with van der Waals surface area (Å²) < 4.78 is 27.4. The SMILES string of the molecule is Cc1cccc(C(=O)Nc2nnc(S(=O)(=O)Nc3ccc(C)cc3C)s2)c1. The Morgan fingerprint density at radius 3 is 2.44 bits per heavy atom. The predicted molar refractivity (Wildman–Crippen MR) is 106 cm³/mol. The number of aromatic nitrogens is 2. The third-order valence-corrected chi connectivity index (χ3v) is 6.33. The third kappa shape index (κ3) is 4.50. The highest BCUT2D eigenvalue weighted by Gasteiger charge is 2.22. The van der Waals surface area contributed by atoms with Gasteiger partial charge in [-0.05, 0) is 44.5 Å². The molecule has 3 rings (SSSR count). The van der Waals surface area contributed by atoms with Crippen molar-refractivity contribution in [1.82, 2.24) is 10.2 Å². The molecule has 0 aliphatic heterocycles. The summed E-state index contributed by atoms with van der Waals surface area (Å²) in [7, 11) is -3.89. The highest BCUT2D eigenvalue weighted by atomic mass is 32.2. The number of anilines is 2.